The number of hydrogen-bond donors (Lipinski definition) is 2. The van der Waals surface area contributed by atoms with Crippen LogP contribution in [0, 0.1) is 0 Å². The van der Waals surface area contributed by atoms with E-state index in [4.69, 9.17) is 0 Å². The zero-order chi connectivity index (χ0) is 19.1. The number of nitrogens with zero attached hydrogens (tertiary/aromatic N) is 4. The van der Waals surface area contributed by atoms with Gasteiger partial charge in [-0.2, -0.15) is 0 Å². The first-order valence-corrected chi connectivity index (χ1v) is 8.51. The summed E-state index contributed by atoms with van der Waals surface area (Å²) >= 11 is 0. The number of amides is 2. The highest BCUT2D eigenvalue weighted by Gasteiger charge is 2.42. The fourth-order valence-electron chi connectivity index (χ4n) is 3.11. The average Bonchev–Trinajstić information content (AvgIpc) is 3.14. The molecule has 8 heteroatoms. The maximum absolute atomic E-state index is 12.4. The Bertz CT molecular complexity index is 856. The maximum Gasteiger partial charge on any atom is 0.251 e. The van der Waals surface area contributed by atoms with Gasteiger partial charge in [0.25, 0.3) is 5.91 Å². The van der Waals surface area contributed by atoms with Crippen molar-refractivity contribution in [1.82, 2.24) is 20.3 Å². The molecule has 0 saturated heterocycles. The lowest BCUT2D eigenvalue weighted by Crippen LogP contribution is -2.33. The third-order valence-corrected chi connectivity index (χ3v) is 4.74. The molecule has 1 atom stereocenters. The van der Waals surface area contributed by atoms with Crippen LogP contribution >= 0.6 is 0 Å². The first-order valence-electron chi connectivity index (χ1n) is 8.51. The Morgan fingerprint density at radius 3 is 2.77 bits per heavy atom. The minimum Gasteiger partial charge on any atom is -0.387 e. The van der Waals surface area contributed by atoms with E-state index in [-0.39, 0.29) is 11.8 Å². The third kappa shape index (κ3) is 3.08. The van der Waals surface area contributed by atoms with Crippen LogP contribution in [0.25, 0.3) is 0 Å². The van der Waals surface area contributed by atoms with E-state index in [0.717, 1.165) is 11.3 Å². The molecule has 0 fully saturated rings. The summed E-state index contributed by atoms with van der Waals surface area (Å²) in [6.45, 7) is 6.17. The number of nitrogens with one attached hydrogen (secondary N) is 1. The van der Waals surface area contributed by atoms with Crippen LogP contribution in [0.3, 0.4) is 0 Å². The molecule has 0 saturated carbocycles. The molecule has 138 valence electrons. The Morgan fingerprint density at radius 2 is 2.12 bits per heavy atom. The summed E-state index contributed by atoms with van der Waals surface area (Å²) in [7, 11) is 1.75. The van der Waals surface area contributed by atoms with Gasteiger partial charge in [-0.3, -0.25) is 14.3 Å². The number of anilines is 1. The van der Waals surface area contributed by atoms with Crippen LogP contribution < -0.4 is 10.2 Å². The summed E-state index contributed by atoms with van der Waals surface area (Å²) in [6.07, 6.45) is 0.977. The van der Waals surface area contributed by atoms with Gasteiger partial charge in [-0.05, 0) is 44.5 Å². The lowest BCUT2D eigenvalue weighted by atomic mass is 9.85. The second-order valence-corrected chi connectivity index (χ2v) is 7.06. The van der Waals surface area contributed by atoms with E-state index in [2.05, 4.69) is 15.6 Å². The second-order valence-electron chi connectivity index (χ2n) is 7.06. The first kappa shape index (κ1) is 18.1. The van der Waals surface area contributed by atoms with E-state index < -0.39 is 11.5 Å². The molecule has 2 aromatic rings. The largest absolute Gasteiger partial charge is 0.387 e. The molecule has 1 aromatic carbocycles. The van der Waals surface area contributed by atoms with Crippen molar-refractivity contribution in [3.63, 3.8) is 0 Å². The molecule has 3 rings (SSSR count). The Balaban J connectivity index is 1.66. The highest BCUT2D eigenvalue weighted by molar-refractivity contribution is 6.08. The summed E-state index contributed by atoms with van der Waals surface area (Å²) in [5.41, 5.74) is 2.06. The Kier molecular flexibility index (Phi) is 4.53. The molecular formula is C18H23N5O3. The van der Waals surface area contributed by atoms with E-state index in [0.29, 0.717) is 24.3 Å². The van der Waals surface area contributed by atoms with E-state index in [9.17, 15) is 14.7 Å². The van der Waals surface area contributed by atoms with Crippen LogP contribution in [0.15, 0.2) is 24.4 Å². The average molecular weight is 357 g/mol. The zero-order valence-electron chi connectivity index (χ0n) is 15.4. The van der Waals surface area contributed by atoms with E-state index in [1.165, 1.54) is 0 Å². The molecule has 26 heavy (non-hydrogen) atoms. The second kappa shape index (κ2) is 6.53. The summed E-state index contributed by atoms with van der Waals surface area (Å²) in [4.78, 5) is 26.4. The SMILES string of the molecule is CC(O)c1cn(CCNC(=O)c2ccc3c(c2)C(C)(C)C(=O)N3C)nn1. The molecule has 0 aliphatic carbocycles. The molecule has 8 nitrogen and oxygen atoms in total. The number of aromatic nitrogens is 3. The quantitative estimate of drug-likeness (QED) is 0.832. The highest BCUT2D eigenvalue weighted by Crippen LogP contribution is 2.40. The third-order valence-electron chi connectivity index (χ3n) is 4.74. The first-order chi connectivity index (χ1) is 12.2. The van der Waals surface area contributed by atoms with E-state index >= 15 is 0 Å². The van der Waals surface area contributed by atoms with Crippen molar-refractivity contribution in [2.45, 2.75) is 38.8 Å². The molecule has 0 radical (unpaired) electrons. The molecule has 1 aliphatic heterocycles. The minimum absolute atomic E-state index is 0.0187. The smallest absolute Gasteiger partial charge is 0.251 e. The van der Waals surface area contributed by atoms with Crippen molar-refractivity contribution >= 4 is 17.5 Å². The molecule has 0 spiro atoms. The molecular weight excluding hydrogens is 334 g/mol. The Labute approximate surface area is 151 Å². The van der Waals surface area contributed by atoms with E-state index in [1.807, 2.05) is 19.9 Å². The molecule has 2 N–H and O–H groups in total. The van der Waals surface area contributed by atoms with Crippen LogP contribution in [0.5, 0.6) is 0 Å². The van der Waals surface area contributed by atoms with Crippen LogP contribution in [0.1, 0.15) is 48.5 Å². The van der Waals surface area contributed by atoms with Gasteiger partial charge in [0.2, 0.25) is 5.91 Å². The van der Waals surface area contributed by atoms with Gasteiger partial charge in [0.15, 0.2) is 0 Å². The normalized spacial score (nSPS) is 16.5. The fourth-order valence-corrected chi connectivity index (χ4v) is 3.11. The van der Waals surface area contributed by atoms with Crippen LogP contribution in [0.4, 0.5) is 5.69 Å². The van der Waals surface area contributed by atoms with Gasteiger partial charge in [0.05, 0.1) is 24.3 Å². The maximum atomic E-state index is 12.4. The number of fused-ring (bicyclic) bond motifs is 1. The van der Waals surface area contributed by atoms with Crippen molar-refractivity contribution in [3.05, 3.63) is 41.2 Å². The van der Waals surface area contributed by atoms with Gasteiger partial charge in [-0.25, -0.2) is 0 Å². The molecule has 0 bridgehead atoms. The van der Waals surface area contributed by atoms with Gasteiger partial charge in [0.1, 0.15) is 5.69 Å². The topological polar surface area (TPSA) is 100 Å². The number of carbonyl (C=O) groups excluding carboxylic acids is 2. The van der Waals surface area contributed by atoms with Crippen molar-refractivity contribution < 1.29 is 14.7 Å². The number of carbonyl (C=O) groups is 2. The van der Waals surface area contributed by atoms with Gasteiger partial charge in [-0.15, -0.1) is 5.10 Å². The number of aliphatic hydroxyl groups is 1. The lowest BCUT2D eigenvalue weighted by Gasteiger charge is -2.16. The standard InChI is InChI=1S/C18H23N5O3/c1-11(24)14-10-23(21-20-14)8-7-19-16(25)12-5-6-15-13(9-12)18(2,3)17(26)22(15)4/h5-6,9-11,24H,7-8H2,1-4H3,(H,19,25). The van der Waals surface area contributed by atoms with Gasteiger partial charge in [-0.1, -0.05) is 5.21 Å². The molecule has 2 amide bonds. The summed E-state index contributed by atoms with van der Waals surface area (Å²) < 4.78 is 1.57. The molecule has 1 unspecified atom stereocenters. The number of aliphatic hydroxyl groups excluding tert-OH is 1. The monoisotopic (exact) mass is 357 g/mol. The number of likely N-dealkylation sites (N-methyl/N-ethyl adjacent to an activating group) is 1. The van der Waals surface area contributed by atoms with Crippen LogP contribution in [-0.2, 0) is 16.8 Å². The lowest BCUT2D eigenvalue weighted by molar-refractivity contribution is -0.121. The summed E-state index contributed by atoms with van der Waals surface area (Å²) in [6, 6.07) is 5.32. The van der Waals surface area contributed by atoms with Gasteiger partial charge >= 0.3 is 0 Å². The number of benzene rings is 1. The molecule has 1 aliphatic rings. The van der Waals surface area contributed by atoms with E-state index in [1.54, 1.807) is 41.9 Å². The summed E-state index contributed by atoms with van der Waals surface area (Å²) in [5, 5.41) is 20.0. The predicted molar refractivity (Wildman–Crippen MR) is 95.9 cm³/mol. The fraction of sp³-hybridized carbons (Fsp3) is 0.444. The van der Waals surface area contributed by atoms with Gasteiger partial charge in [0, 0.05) is 24.8 Å². The molecule has 1 aromatic heterocycles. The Morgan fingerprint density at radius 1 is 1.38 bits per heavy atom. The van der Waals surface area contributed by atoms with Crippen LogP contribution in [0.2, 0.25) is 0 Å². The van der Waals surface area contributed by atoms with Crippen molar-refractivity contribution in [1.29, 1.82) is 0 Å². The minimum atomic E-state index is -0.672. The van der Waals surface area contributed by atoms with Gasteiger partial charge < -0.3 is 15.3 Å². The van der Waals surface area contributed by atoms with Crippen molar-refractivity contribution in [2.24, 2.45) is 0 Å². The van der Waals surface area contributed by atoms with Crippen molar-refractivity contribution in [2.75, 3.05) is 18.5 Å². The Hall–Kier alpha value is -2.74. The van der Waals surface area contributed by atoms with Crippen molar-refractivity contribution in [3.8, 4) is 0 Å². The summed E-state index contributed by atoms with van der Waals surface area (Å²) in [5.74, 6) is -0.188. The van der Waals surface area contributed by atoms with Crippen LogP contribution in [-0.4, -0.2) is 45.5 Å². The number of hydrogen-bond acceptors (Lipinski definition) is 5. The number of rotatable bonds is 5. The zero-order valence-corrected chi connectivity index (χ0v) is 15.4. The predicted octanol–water partition coefficient (Wildman–Crippen LogP) is 1.02. The highest BCUT2D eigenvalue weighted by atomic mass is 16.3. The molecule has 2 heterocycles.